The molecular weight excluding hydrogens is 330 g/mol. The van der Waals surface area contributed by atoms with E-state index in [0.29, 0.717) is 6.61 Å². The lowest BCUT2D eigenvalue weighted by Gasteiger charge is -2.23. The Morgan fingerprint density at radius 3 is 2.71 bits per heavy atom. The van der Waals surface area contributed by atoms with Crippen LogP contribution < -0.4 is 4.72 Å². The Bertz CT molecular complexity index is 680. The summed E-state index contributed by atoms with van der Waals surface area (Å²) >= 11 is 0. The molecule has 6 nitrogen and oxygen atoms in total. The number of carbonyl (C=O) groups is 1. The van der Waals surface area contributed by atoms with Crippen molar-refractivity contribution in [1.82, 2.24) is 4.72 Å². The van der Waals surface area contributed by atoms with Gasteiger partial charge in [-0.25, -0.2) is 13.1 Å². The summed E-state index contributed by atoms with van der Waals surface area (Å²) in [4.78, 5) is 12.2. The second kappa shape index (κ2) is 8.09. The van der Waals surface area contributed by atoms with Crippen molar-refractivity contribution in [3.63, 3.8) is 0 Å². The van der Waals surface area contributed by atoms with Gasteiger partial charge in [0.25, 0.3) is 15.9 Å². The van der Waals surface area contributed by atoms with E-state index in [1.54, 1.807) is 12.1 Å². The van der Waals surface area contributed by atoms with Crippen molar-refractivity contribution in [2.75, 3.05) is 13.2 Å². The normalized spacial score (nSPS) is 19.7. The van der Waals surface area contributed by atoms with Crippen LogP contribution in [0, 0.1) is 13.8 Å². The summed E-state index contributed by atoms with van der Waals surface area (Å²) in [5.41, 5.74) is 1.84. The highest BCUT2D eigenvalue weighted by molar-refractivity contribution is 7.90. The molecule has 0 unspecified atom stereocenters. The number of carbonyl (C=O) groups excluding carboxylic acids is 1. The van der Waals surface area contributed by atoms with E-state index >= 15 is 0 Å². The monoisotopic (exact) mass is 355 g/mol. The largest absolute Gasteiger partial charge is 0.376 e. The summed E-state index contributed by atoms with van der Waals surface area (Å²) in [5, 5.41) is 0. The zero-order valence-corrected chi connectivity index (χ0v) is 15.2. The molecule has 1 heterocycles. The lowest BCUT2D eigenvalue weighted by molar-refractivity contribution is -0.133. The lowest BCUT2D eigenvalue weighted by atomic mass is 10.1. The molecule has 0 aromatic heterocycles. The second-order valence-electron chi connectivity index (χ2n) is 6.18. The fourth-order valence-corrected chi connectivity index (χ4v) is 3.55. The van der Waals surface area contributed by atoms with Crippen molar-refractivity contribution in [3.8, 4) is 0 Å². The van der Waals surface area contributed by atoms with E-state index in [0.717, 1.165) is 30.4 Å². The summed E-state index contributed by atoms with van der Waals surface area (Å²) in [6.45, 7) is 6.25. The highest BCUT2D eigenvalue weighted by Gasteiger charge is 2.24. The number of nitrogens with one attached hydrogen (secondary N) is 1. The third-order valence-corrected chi connectivity index (χ3v) is 5.54. The topological polar surface area (TPSA) is 81.7 Å². The molecule has 1 aliphatic rings. The zero-order chi connectivity index (χ0) is 17.7. The van der Waals surface area contributed by atoms with Gasteiger partial charge >= 0.3 is 0 Å². The first-order valence-corrected chi connectivity index (χ1v) is 9.65. The molecule has 24 heavy (non-hydrogen) atoms. The molecule has 1 fully saturated rings. The van der Waals surface area contributed by atoms with E-state index in [2.05, 4.69) is 4.72 Å². The minimum absolute atomic E-state index is 0.0228. The van der Waals surface area contributed by atoms with E-state index in [-0.39, 0.29) is 17.6 Å². The van der Waals surface area contributed by atoms with Crippen molar-refractivity contribution < 1.29 is 22.7 Å². The van der Waals surface area contributed by atoms with Crippen LogP contribution in [0.5, 0.6) is 0 Å². The van der Waals surface area contributed by atoms with Crippen LogP contribution in [-0.4, -0.2) is 39.7 Å². The summed E-state index contributed by atoms with van der Waals surface area (Å²) in [6.07, 6.45) is 2.13. The van der Waals surface area contributed by atoms with E-state index in [1.807, 2.05) is 13.8 Å². The SMILES string of the molecule is Cc1ccc(S(=O)(=O)NC(=O)[C@@H](C)OC[C@@H]2CCCCO2)cc1C. The fraction of sp³-hybridized carbons (Fsp3) is 0.588. The van der Waals surface area contributed by atoms with Crippen LogP contribution in [0.2, 0.25) is 0 Å². The Morgan fingerprint density at radius 2 is 2.08 bits per heavy atom. The molecule has 2 rings (SSSR count). The van der Waals surface area contributed by atoms with Crippen LogP contribution in [0.3, 0.4) is 0 Å². The first-order valence-electron chi connectivity index (χ1n) is 8.17. The van der Waals surface area contributed by atoms with Gasteiger partial charge in [-0.3, -0.25) is 4.79 Å². The molecule has 1 aromatic carbocycles. The van der Waals surface area contributed by atoms with Crippen LogP contribution >= 0.6 is 0 Å². The van der Waals surface area contributed by atoms with Gasteiger partial charge in [0, 0.05) is 6.61 Å². The van der Waals surface area contributed by atoms with Gasteiger partial charge in [0.05, 0.1) is 17.6 Å². The molecular formula is C17H25NO5S. The molecule has 1 aromatic rings. The number of benzene rings is 1. The molecule has 0 spiro atoms. The van der Waals surface area contributed by atoms with Gasteiger partial charge in [0.15, 0.2) is 0 Å². The van der Waals surface area contributed by atoms with Gasteiger partial charge in [-0.1, -0.05) is 6.07 Å². The highest BCUT2D eigenvalue weighted by Crippen LogP contribution is 2.16. The molecule has 0 radical (unpaired) electrons. The molecule has 1 aliphatic heterocycles. The Balaban J connectivity index is 1.92. The Morgan fingerprint density at radius 1 is 1.33 bits per heavy atom. The standard InChI is InChI=1S/C17H25NO5S/c1-12-7-8-16(10-13(12)2)24(20,21)18-17(19)14(3)23-11-15-6-4-5-9-22-15/h7-8,10,14-15H,4-6,9,11H2,1-3H3,(H,18,19)/t14-,15+/m1/s1. The van der Waals surface area contributed by atoms with E-state index in [1.165, 1.54) is 13.0 Å². The van der Waals surface area contributed by atoms with Crippen molar-refractivity contribution >= 4 is 15.9 Å². The zero-order valence-electron chi connectivity index (χ0n) is 14.4. The number of rotatable bonds is 6. The molecule has 0 bridgehead atoms. The van der Waals surface area contributed by atoms with Crippen LogP contribution in [0.15, 0.2) is 23.1 Å². The second-order valence-corrected chi connectivity index (χ2v) is 7.86. The van der Waals surface area contributed by atoms with E-state index < -0.39 is 22.0 Å². The third kappa shape index (κ3) is 5.03. The van der Waals surface area contributed by atoms with Gasteiger partial charge in [-0.05, 0) is 63.3 Å². The van der Waals surface area contributed by atoms with Gasteiger partial charge < -0.3 is 9.47 Å². The fourth-order valence-electron chi connectivity index (χ4n) is 2.42. The maximum absolute atomic E-state index is 12.3. The summed E-state index contributed by atoms with van der Waals surface area (Å²) in [5.74, 6) is -0.677. The average molecular weight is 355 g/mol. The molecule has 1 saturated heterocycles. The average Bonchev–Trinajstić information content (AvgIpc) is 2.55. The number of aryl methyl sites for hydroxylation is 2. The Hall–Kier alpha value is -1.44. The quantitative estimate of drug-likeness (QED) is 0.845. The van der Waals surface area contributed by atoms with Crippen molar-refractivity contribution in [2.45, 2.75) is 57.1 Å². The molecule has 0 aliphatic carbocycles. The summed E-state index contributed by atoms with van der Waals surface area (Å²) in [6, 6.07) is 4.75. The minimum atomic E-state index is -3.90. The number of hydrogen-bond donors (Lipinski definition) is 1. The molecule has 7 heteroatoms. The van der Waals surface area contributed by atoms with Gasteiger partial charge in [-0.2, -0.15) is 0 Å². The molecule has 2 atom stereocenters. The van der Waals surface area contributed by atoms with E-state index in [4.69, 9.17) is 9.47 Å². The van der Waals surface area contributed by atoms with Crippen molar-refractivity contribution in [2.24, 2.45) is 0 Å². The summed E-state index contributed by atoms with van der Waals surface area (Å²) in [7, 11) is -3.90. The van der Waals surface area contributed by atoms with Gasteiger partial charge in [0.2, 0.25) is 0 Å². The van der Waals surface area contributed by atoms with Crippen molar-refractivity contribution in [3.05, 3.63) is 29.3 Å². The van der Waals surface area contributed by atoms with Gasteiger partial charge in [-0.15, -0.1) is 0 Å². The molecule has 1 N–H and O–H groups in total. The minimum Gasteiger partial charge on any atom is -0.376 e. The van der Waals surface area contributed by atoms with Crippen LogP contribution in [0.25, 0.3) is 0 Å². The number of ether oxygens (including phenoxy) is 2. The number of hydrogen-bond acceptors (Lipinski definition) is 5. The predicted molar refractivity (Wildman–Crippen MR) is 90.2 cm³/mol. The van der Waals surface area contributed by atoms with Crippen LogP contribution in [0.4, 0.5) is 0 Å². The molecule has 0 saturated carbocycles. The predicted octanol–water partition coefficient (Wildman–Crippen LogP) is 2.08. The van der Waals surface area contributed by atoms with Gasteiger partial charge in [0.1, 0.15) is 6.10 Å². The maximum atomic E-state index is 12.3. The van der Waals surface area contributed by atoms with Crippen LogP contribution in [0.1, 0.15) is 37.3 Å². The van der Waals surface area contributed by atoms with Crippen LogP contribution in [-0.2, 0) is 24.3 Å². The molecule has 1 amide bonds. The van der Waals surface area contributed by atoms with Crippen molar-refractivity contribution in [1.29, 1.82) is 0 Å². The highest BCUT2D eigenvalue weighted by atomic mass is 32.2. The Labute approximate surface area is 143 Å². The smallest absolute Gasteiger partial charge is 0.264 e. The first kappa shape index (κ1) is 18.9. The first-order chi connectivity index (χ1) is 11.3. The molecule has 134 valence electrons. The third-order valence-electron chi connectivity index (χ3n) is 4.20. The van der Waals surface area contributed by atoms with E-state index in [9.17, 15) is 13.2 Å². The lowest BCUT2D eigenvalue weighted by Crippen LogP contribution is -2.40. The Kier molecular flexibility index (Phi) is 6.37. The number of amides is 1. The summed E-state index contributed by atoms with van der Waals surface area (Å²) < 4.78 is 37.7. The number of sulfonamides is 1. The maximum Gasteiger partial charge on any atom is 0.264 e.